The first-order valence-electron chi connectivity index (χ1n) is 9.45. The first-order chi connectivity index (χ1) is 12.8. The molecule has 2 aliphatic rings. The highest BCUT2D eigenvalue weighted by Crippen LogP contribution is 2.18. The number of piperidine rings is 1. The summed E-state index contributed by atoms with van der Waals surface area (Å²) in [4.78, 5) is 13.1. The van der Waals surface area contributed by atoms with Crippen molar-refractivity contribution in [3.63, 3.8) is 0 Å². The lowest BCUT2D eigenvalue weighted by atomic mass is 9.94. The van der Waals surface area contributed by atoms with E-state index in [-0.39, 0.29) is 11.8 Å². The van der Waals surface area contributed by atoms with Crippen LogP contribution in [0.4, 0.5) is 0 Å². The molecule has 0 unspecified atom stereocenters. The second-order valence-electron chi connectivity index (χ2n) is 7.02. The van der Waals surface area contributed by atoms with E-state index in [9.17, 15) is 4.79 Å². The molecule has 1 atom stereocenters. The molecular weight excluding hydrogens is 332 g/mol. The van der Waals surface area contributed by atoms with Crippen LogP contribution in [0.3, 0.4) is 0 Å². The molecule has 1 N–H and O–H groups in total. The molecule has 0 spiro atoms. The van der Waals surface area contributed by atoms with Gasteiger partial charge in [0.25, 0.3) is 0 Å². The van der Waals surface area contributed by atoms with Crippen LogP contribution in [-0.4, -0.2) is 53.4 Å². The van der Waals surface area contributed by atoms with Gasteiger partial charge in [-0.1, -0.05) is 18.2 Å². The number of aromatic nitrogens is 3. The molecule has 7 nitrogen and oxygen atoms in total. The molecular formula is C19H26N4O3. The van der Waals surface area contributed by atoms with E-state index in [1.165, 1.54) is 0 Å². The lowest BCUT2D eigenvalue weighted by Gasteiger charge is -2.22. The molecule has 1 aromatic carbocycles. The fourth-order valence-corrected chi connectivity index (χ4v) is 3.72. The van der Waals surface area contributed by atoms with Crippen molar-refractivity contribution in [3.05, 3.63) is 46.6 Å². The summed E-state index contributed by atoms with van der Waals surface area (Å²) in [7, 11) is 0. The lowest BCUT2D eigenvalue weighted by molar-refractivity contribution is -0.0950. The second kappa shape index (κ2) is 8.16. The molecule has 2 saturated heterocycles. The number of ether oxygens (including phenoxy) is 2. The average molecular weight is 358 g/mol. The summed E-state index contributed by atoms with van der Waals surface area (Å²) in [6.45, 7) is 4.19. The Bertz CT molecular complexity index is 759. The Hall–Kier alpha value is -1.96. The minimum atomic E-state index is -0.118. The first-order valence-corrected chi connectivity index (χ1v) is 9.45. The zero-order valence-corrected chi connectivity index (χ0v) is 15.0. The van der Waals surface area contributed by atoms with E-state index in [1.54, 1.807) is 9.25 Å². The van der Waals surface area contributed by atoms with Crippen molar-refractivity contribution in [1.82, 2.24) is 19.7 Å². The third kappa shape index (κ3) is 3.90. The SMILES string of the molecule is O=c1n(C[C@@H]2COCCO2)nc(CC2CCNCC2)n1-c1ccccc1. The number of nitrogens with zero attached hydrogens (tertiary/aromatic N) is 3. The number of rotatable bonds is 5. The largest absolute Gasteiger partial charge is 0.376 e. The van der Waals surface area contributed by atoms with E-state index in [0.29, 0.717) is 32.3 Å². The fraction of sp³-hybridized carbons (Fsp3) is 0.579. The van der Waals surface area contributed by atoms with Crippen LogP contribution in [-0.2, 0) is 22.4 Å². The zero-order chi connectivity index (χ0) is 17.8. The van der Waals surface area contributed by atoms with Crippen LogP contribution in [0.25, 0.3) is 5.69 Å². The molecule has 140 valence electrons. The van der Waals surface area contributed by atoms with Crippen LogP contribution in [0.15, 0.2) is 35.1 Å². The number of para-hydroxylation sites is 1. The number of nitrogens with one attached hydrogen (secondary N) is 1. The van der Waals surface area contributed by atoms with Crippen molar-refractivity contribution in [2.75, 3.05) is 32.9 Å². The Balaban J connectivity index is 1.63. The van der Waals surface area contributed by atoms with E-state index < -0.39 is 0 Å². The van der Waals surface area contributed by atoms with Crippen molar-refractivity contribution in [1.29, 1.82) is 0 Å². The van der Waals surface area contributed by atoms with Gasteiger partial charge in [0.05, 0.1) is 32.1 Å². The molecule has 0 amide bonds. The Morgan fingerprint density at radius 2 is 1.96 bits per heavy atom. The molecule has 26 heavy (non-hydrogen) atoms. The maximum Gasteiger partial charge on any atom is 0.350 e. The number of benzene rings is 1. The summed E-state index contributed by atoms with van der Waals surface area (Å²) in [6.07, 6.45) is 2.94. The highest BCUT2D eigenvalue weighted by Gasteiger charge is 2.23. The van der Waals surface area contributed by atoms with Gasteiger partial charge < -0.3 is 14.8 Å². The van der Waals surface area contributed by atoms with E-state index in [4.69, 9.17) is 9.47 Å². The molecule has 3 heterocycles. The van der Waals surface area contributed by atoms with E-state index in [0.717, 1.165) is 43.9 Å². The molecule has 2 aliphatic heterocycles. The van der Waals surface area contributed by atoms with Crippen molar-refractivity contribution >= 4 is 0 Å². The van der Waals surface area contributed by atoms with Crippen LogP contribution in [0.5, 0.6) is 0 Å². The first kappa shape index (κ1) is 17.5. The Morgan fingerprint density at radius 1 is 1.15 bits per heavy atom. The molecule has 2 aromatic rings. The normalized spacial score (nSPS) is 21.8. The zero-order valence-electron chi connectivity index (χ0n) is 15.0. The minimum absolute atomic E-state index is 0.102. The maximum atomic E-state index is 13.1. The average Bonchev–Trinajstić information content (AvgIpc) is 2.99. The second-order valence-corrected chi connectivity index (χ2v) is 7.02. The van der Waals surface area contributed by atoms with E-state index in [1.807, 2.05) is 30.3 Å². The van der Waals surface area contributed by atoms with Gasteiger partial charge in [-0.2, -0.15) is 5.10 Å². The standard InChI is InChI=1S/C19H26N4O3/c24-19-22(13-17-14-25-10-11-26-17)21-18(12-15-6-8-20-9-7-15)23(19)16-4-2-1-3-5-16/h1-5,15,17,20H,6-14H2/t17-/m1/s1. The molecule has 7 heteroatoms. The summed E-state index contributed by atoms with van der Waals surface area (Å²) < 4.78 is 14.5. The third-order valence-electron chi connectivity index (χ3n) is 5.11. The van der Waals surface area contributed by atoms with Gasteiger partial charge in [0, 0.05) is 6.42 Å². The van der Waals surface area contributed by atoms with Crippen molar-refractivity contribution in [2.24, 2.45) is 5.92 Å². The van der Waals surface area contributed by atoms with Gasteiger partial charge in [0.15, 0.2) is 0 Å². The van der Waals surface area contributed by atoms with Gasteiger partial charge in [0.2, 0.25) is 0 Å². The lowest BCUT2D eigenvalue weighted by Crippen LogP contribution is -2.36. The Kier molecular flexibility index (Phi) is 5.48. The number of hydrogen-bond donors (Lipinski definition) is 1. The Morgan fingerprint density at radius 3 is 2.69 bits per heavy atom. The summed E-state index contributed by atoms with van der Waals surface area (Å²) in [5.74, 6) is 1.40. The van der Waals surface area contributed by atoms with E-state index in [2.05, 4.69) is 10.4 Å². The Labute approximate surface area is 152 Å². The predicted octanol–water partition coefficient (Wildman–Crippen LogP) is 0.992. The smallest absolute Gasteiger partial charge is 0.350 e. The van der Waals surface area contributed by atoms with Gasteiger partial charge in [-0.25, -0.2) is 14.0 Å². The topological polar surface area (TPSA) is 70.3 Å². The summed E-state index contributed by atoms with van der Waals surface area (Å²) in [6, 6.07) is 9.77. The van der Waals surface area contributed by atoms with Crippen LogP contribution >= 0.6 is 0 Å². The van der Waals surface area contributed by atoms with Crippen LogP contribution in [0, 0.1) is 5.92 Å². The monoisotopic (exact) mass is 358 g/mol. The van der Waals surface area contributed by atoms with Crippen LogP contribution in [0.2, 0.25) is 0 Å². The van der Waals surface area contributed by atoms with Gasteiger partial charge in [0.1, 0.15) is 11.9 Å². The van der Waals surface area contributed by atoms with Crippen LogP contribution < -0.4 is 11.0 Å². The molecule has 2 fully saturated rings. The minimum Gasteiger partial charge on any atom is -0.376 e. The molecule has 0 radical (unpaired) electrons. The maximum absolute atomic E-state index is 13.1. The molecule has 4 rings (SSSR count). The van der Waals surface area contributed by atoms with E-state index >= 15 is 0 Å². The summed E-state index contributed by atoms with van der Waals surface area (Å²) in [5, 5.41) is 8.08. The summed E-state index contributed by atoms with van der Waals surface area (Å²) >= 11 is 0. The van der Waals surface area contributed by atoms with Gasteiger partial charge in [-0.15, -0.1) is 0 Å². The molecule has 1 aromatic heterocycles. The molecule has 0 saturated carbocycles. The highest BCUT2D eigenvalue weighted by atomic mass is 16.6. The molecule has 0 bridgehead atoms. The molecule has 0 aliphatic carbocycles. The van der Waals surface area contributed by atoms with Crippen molar-refractivity contribution in [2.45, 2.75) is 31.9 Å². The highest BCUT2D eigenvalue weighted by molar-refractivity contribution is 5.32. The van der Waals surface area contributed by atoms with Gasteiger partial charge in [-0.05, 0) is 44.0 Å². The van der Waals surface area contributed by atoms with Crippen LogP contribution in [0.1, 0.15) is 18.7 Å². The van der Waals surface area contributed by atoms with Crippen molar-refractivity contribution < 1.29 is 9.47 Å². The third-order valence-corrected chi connectivity index (χ3v) is 5.11. The quantitative estimate of drug-likeness (QED) is 0.863. The number of hydrogen-bond acceptors (Lipinski definition) is 5. The van der Waals surface area contributed by atoms with Crippen molar-refractivity contribution in [3.8, 4) is 5.69 Å². The van der Waals surface area contributed by atoms with Gasteiger partial charge in [-0.3, -0.25) is 0 Å². The summed E-state index contributed by atoms with van der Waals surface area (Å²) in [5.41, 5.74) is 0.766. The predicted molar refractivity (Wildman–Crippen MR) is 97.7 cm³/mol. The fourth-order valence-electron chi connectivity index (χ4n) is 3.72. The van der Waals surface area contributed by atoms with Gasteiger partial charge >= 0.3 is 5.69 Å².